The maximum atomic E-state index is 6.67. The van der Waals surface area contributed by atoms with Crippen molar-refractivity contribution in [2.45, 2.75) is 58.3 Å². The molecule has 1 heterocycles. The van der Waals surface area contributed by atoms with E-state index in [4.69, 9.17) is 4.18 Å². The molecule has 1 saturated carbocycles. The van der Waals surface area contributed by atoms with Gasteiger partial charge < -0.3 is 0 Å². The Hall–Kier alpha value is -0.900. The predicted octanol–water partition coefficient (Wildman–Crippen LogP) is 5.70. The van der Waals surface area contributed by atoms with E-state index in [2.05, 4.69) is 55.5 Å². The topological polar surface area (TPSA) is 9.23 Å². The Morgan fingerprint density at radius 3 is 2.23 bits per heavy atom. The first kappa shape index (κ1) is 14.7. The molecule has 4 rings (SSSR count). The zero-order valence-corrected chi connectivity index (χ0v) is 14.5. The lowest BCUT2D eigenvalue weighted by molar-refractivity contribution is 0.148. The Bertz CT molecular complexity index is 624. The molecule has 0 bridgehead atoms. The summed E-state index contributed by atoms with van der Waals surface area (Å²) in [6.07, 6.45) is 5.50. The van der Waals surface area contributed by atoms with Crippen molar-refractivity contribution in [3.05, 3.63) is 48.5 Å². The highest BCUT2D eigenvalue weighted by molar-refractivity contribution is 8.02. The van der Waals surface area contributed by atoms with Crippen molar-refractivity contribution < 1.29 is 4.18 Å². The smallest absolute Gasteiger partial charge is 0.158 e. The normalized spacial score (nSPS) is 24.6. The maximum Gasteiger partial charge on any atom is 0.225 e. The number of benzene rings is 2. The van der Waals surface area contributed by atoms with Crippen LogP contribution in [0.25, 0.3) is 0 Å². The van der Waals surface area contributed by atoms with E-state index in [0.717, 1.165) is 5.92 Å². The van der Waals surface area contributed by atoms with Crippen molar-refractivity contribution in [2.24, 2.45) is 5.92 Å². The number of hydrogen-bond acceptors (Lipinski definition) is 2. The van der Waals surface area contributed by atoms with Crippen molar-refractivity contribution in [3.8, 4) is 0 Å². The van der Waals surface area contributed by atoms with Crippen molar-refractivity contribution in [1.29, 1.82) is 0 Å². The summed E-state index contributed by atoms with van der Waals surface area (Å²) in [4.78, 5) is 5.44. The minimum absolute atomic E-state index is 0.228. The fraction of sp³-hybridized carbons (Fsp3) is 0.368. The predicted molar refractivity (Wildman–Crippen MR) is 93.4 cm³/mol. The highest BCUT2D eigenvalue weighted by atomic mass is 32.2. The summed E-state index contributed by atoms with van der Waals surface area (Å²) >= 11 is 1.65. The SMILES string of the molecule is C[C@@H]1CCC[C@@H](O[S+]2c3ccccc3Sc3ccccc32)C1. The second-order valence-electron chi connectivity index (χ2n) is 6.25. The molecule has 1 aliphatic carbocycles. The van der Waals surface area contributed by atoms with Gasteiger partial charge >= 0.3 is 0 Å². The molecule has 0 amide bonds. The van der Waals surface area contributed by atoms with Gasteiger partial charge in [-0.05, 0) is 43.0 Å². The molecule has 2 atom stereocenters. The van der Waals surface area contributed by atoms with Gasteiger partial charge in [-0.1, -0.05) is 55.8 Å². The number of hydrogen-bond donors (Lipinski definition) is 0. The molecule has 22 heavy (non-hydrogen) atoms. The third kappa shape index (κ3) is 2.82. The Balaban J connectivity index is 1.68. The van der Waals surface area contributed by atoms with E-state index in [0.29, 0.717) is 6.10 Å². The van der Waals surface area contributed by atoms with Crippen LogP contribution in [0.2, 0.25) is 0 Å². The van der Waals surface area contributed by atoms with Crippen LogP contribution in [-0.2, 0) is 15.4 Å². The molecule has 3 heteroatoms. The first-order valence-electron chi connectivity index (χ1n) is 8.08. The van der Waals surface area contributed by atoms with E-state index in [1.807, 2.05) is 11.8 Å². The Morgan fingerprint density at radius 1 is 0.955 bits per heavy atom. The molecular formula is C19H21OS2+. The number of fused-ring (bicyclic) bond motifs is 2. The second-order valence-corrected chi connectivity index (χ2v) is 8.95. The zero-order chi connectivity index (χ0) is 14.9. The van der Waals surface area contributed by atoms with E-state index >= 15 is 0 Å². The summed E-state index contributed by atoms with van der Waals surface area (Å²) in [5, 5.41) is 0. The molecule has 1 fully saturated rings. The van der Waals surface area contributed by atoms with Gasteiger partial charge in [0.2, 0.25) is 21.0 Å². The first-order valence-corrected chi connectivity index (χ1v) is 10.1. The van der Waals surface area contributed by atoms with Crippen LogP contribution < -0.4 is 0 Å². The third-order valence-electron chi connectivity index (χ3n) is 4.44. The second kappa shape index (κ2) is 6.31. The van der Waals surface area contributed by atoms with Gasteiger partial charge in [0.15, 0.2) is 0 Å². The van der Waals surface area contributed by atoms with Gasteiger partial charge in [0.25, 0.3) is 0 Å². The van der Waals surface area contributed by atoms with Gasteiger partial charge in [0.05, 0.1) is 9.79 Å². The molecule has 2 aromatic carbocycles. The summed E-state index contributed by atoms with van der Waals surface area (Å²) in [6.45, 7) is 2.36. The third-order valence-corrected chi connectivity index (χ3v) is 7.82. The highest BCUT2D eigenvalue weighted by Gasteiger charge is 2.40. The lowest BCUT2D eigenvalue weighted by Gasteiger charge is -2.26. The average molecular weight is 330 g/mol. The molecular weight excluding hydrogens is 308 g/mol. The molecule has 2 aromatic rings. The number of rotatable bonds is 2. The molecule has 2 aliphatic rings. The molecule has 0 radical (unpaired) electrons. The van der Waals surface area contributed by atoms with Gasteiger partial charge in [-0.25, -0.2) is 0 Å². The van der Waals surface area contributed by atoms with E-state index in [-0.39, 0.29) is 11.2 Å². The van der Waals surface area contributed by atoms with E-state index in [9.17, 15) is 0 Å². The van der Waals surface area contributed by atoms with E-state index in [1.165, 1.54) is 45.3 Å². The van der Waals surface area contributed by atoms with Crippen LogP contribution in [0.15, 0.2) is 68.1 Å². The molecule has 1 aliphatic heterocycles. The quantitative estimate of drug-likeness (QED) is 0.654. The van der Waals surface area contributed by atoms with Crippen LogP contribution in [0.5, 0.6) is 0 Å². The van der Waals surface area contributed by atoms with Crippen molar-refractivity contribution in [2.75, 3.05) is 0 Å². The standard InChI is InChI=1S/C19H21OS2/c1-14-7-6-8-15(13-14)20-22-18-11-4-2-9-16(18)21-17-10-3-5-12-19(17)22/h2-5,9-12,14-15H,6-8,13H2,1H3/q+1/t14-,15-/m1/s1. The summed E-state index contributed by atoms with van der Waals surface area (Å²) in [7, 11) is 0. The molecule has 0 spiro atoms. The lowest BCUT2D eigenvalue weighted by Crippen LogP contribution is -2.26. The van der Waals surface area contributed by atoms with Gasteiger partial charge in [0.1, 0.15) is 6.10 Å². The van der Waals surface area contributed by atoms with E-state index in [1.54, 1.807) is 0 Å². The van der Waals surface area contributed by atoms with Gasteiger partial charge in [-0.3, -0.25) is 0 Å². The van der Waals surface area contributed by atoms with Crippen molar-refractivity contribution in [3.63, 3.8) is 0 Å². The summed E-state index contributed by atoms with van der Waals surface area (Å²) in [6, 6.07) is 17.5. The summed E-state index contributed by atoms with van der Waals surface area (Å²) in [5.74, 6) is 0.798. The Morgan fingerprint density at radius 2 is 1.59 bits per heavy atom. The van der Waals surface area contributed by atoms with Gasteiger partial charge in [-0.15, -0.1) is 0 Å². The van der Waals surface area contributed by atoms with Crippen LogP contribution in [0.1, 0.15) is 32.6 Å². The van der Waals surface area contributed by atoms with Crippen LogP contribution in [0.3, 0.4) is 0 Å². The largest absolute Gasteiger partial charge is 0.225 e. The summed E-state index contributed by atoms with van der Waals surface area (Å²) in [5.41, 5.74) is 0. The first-order chi connectivity index (χ1) is 10.8. The maximum absolute atomic E-state index is 6.67. The Kier molecular flexibility index (Phi) is 4.21. The average Bonchev–Trinajstić information content (AvgIpc) is 2.55. The van der Waals surface area contributed by atoms with Gasteiger partial charge in [-0.2, -0.15) is 4.18 Å². The minimum Gasteiger partial charge on any atom is -0.158 e. The minimum atomic E-state index is -0.228. The molecule has 0 N–H and O–H groups in total. The zero-order valence-electron chi connectivity index (χ0n) is 12.8. The van der Waals surface area contributed by atoms with Crippen molar-refractivity contribution >= 4 is 22.9 Å². The highest BCUT2D eigenvalue weighted by Crippen LogP contribution is 2.46. The molecule has 114 valence electrons. The van der Waals surface area contributed by atoms with Crippen LogP contribution >= 0.6 is 11.8 Å². The molecule has 0 aromatic heterocycles. The molecule has 0 unspecified atom stereocenters. The van der Waals surface area contributed by atoms with Crippen LogP contribution in [0, 0.1) is 5.92 Å². The Labute approximate surface area is 140 Å². The summed E-state index contributed by atoms with van der Waals surface area (Å²) < 4.78 is 6.67. The van der Waals surface area contributed by atoms with E-state index < -0.39 is 0 Å². The fourth-order valence-electron chi connectivity index (χ4n) is 3.32. The molecule has 0 saturated heterocycles. The van der Waals surface area contributed by atoms with Crippen molar-refractivity contribution in [1.82, 2.24) is 0 Å². The fourth-order valence-corrected chi connectivity index (χ4v) is 6.69. The van der Waals surface area contributed by atoms with Crippen LogP contribution in [0.4, 0.5) is 0 Å². The lowest BCUT2D eigenvalue weighted by atomic mass is 9.89. The van der Waals surface area contributed by atoms with Gasteiger partial charge in [0, 0.05) is 0 Å². The monoisotopic (exact) mass is 329 g/mol. The van der Waals surface area contributed by atoms with Crippen LogP contribution in [-0.4, -0.2) is 6.10 Å². The molecule has 1 nitrogen and oxygen atoms in total.